The van der Waals surface area contributed by atoms with E-state index < -0.39 is 78.0 Å². The van der Waals surface area contributed by atoms with Crippen LogP contribution in [0.3, 0.4) is 0 Å². The Labute approximate surface area is 235 Å². The molecule has 1 saturated heterocycles. The number of carbonyl (C=O) groups excluding carboxylic acids is 6. The van der Waals surface area contributed by atoms with Gasteiger partial charge in [0, 0.05) is 31.3 Å². The predicted octanol–water partition coefficient (Wildman–Crippen LogP) is -3.72. The Morgan fingerprint density at radius 1 is 1.07 bits per heavy atom. The lowest BCUT2D eigenvalue weighted by atomic mass is 10.1. The van der Waals surface area contributed by atoms with Gasteiger partial charge in [0.1, 0.15) is 24.2 Å². The molecule has 1 fully saturated rings. The van der Waals surface area contributed by atoms with Crippen LogP contribution in [0.2, 0.25) is 0 Å². The van der Waals surface area contributed by atoms with Gasteiger partial charge < -0.3 is 48.1 Å². The molecule has 11 N–H and O–H groups in total. The number of carboxylic acid groups (broad SMARTS) is 1. The highest BCUT2D eigenvalue weighted by Gasteiger charge is 2.31. The fourth-order valence-corrected chi connectivity index (χ4v) is 3.95. The van der Waals surface area contributed by atoms with Gasteiger partial charge >= 0.3 is 5.97 Å². The zero-order chi connectivity index (χ0) is 30.5. The van der Waals surface area contributed by atoms with E-state index in [1.54, 1.807) is 0 Å². The number of nitrogens with zero attached hydrogens (tertiary/aromatic N) is 1. The summed E-state index contributed by atoms with van der Waals surface area (Å²) in [5.41, 5.74) is 11.5. The molecule has 0 aliphatic carbocycles. The van der Waals surface area contributed by atoms with Crippen molar-refractivity contribution in [1.29, 1.82) is 0 Å². The summed E-state index contributed by atoms with van der Waals surface area (Å²) in [4.78, 5) is 93.6. The quantitative estimate of drug-likeness (QED) is 0.152. The van der Waals surface area contributed by atoms with Crippen LogP contribution in [0.4, 0.5) is 0 Å². The van der Waals surface area contributed by atoms with Gasteiger partial charge in [0.25, 0.3) is 0 Å². The van der Waals surface area contributed by atoms with Gasteiger partial charge in [-0.1, -0.05) is 0 Å². The molecule has 6 amide bonds. The van der Waals surface area contributed by atoms with Crippen LogP contribution in [-0.2, 0) is 40.0 Å². The number of H-pyrrole nitrogens is 1. The van der Waals surface area contributed by atoms with E-state index in [4.69, 9.17) is 16.6 Å². The summed E-state index contributed by atoms with van der Waals surface area (Å²) in [7, 11) is 0. The van der Waals surface area contributed by atoms with Crippen LogP contribution in [-0.4, -0.2) is 93.2 Å². The standard InChI is InChI=1S/C24H37N9O8/c1-12-21(38)31-15(20(26)37)4-2-3-7-28-18(34)6-5-16(32-22(39)14(25)9-19(35)36)23(40)33-17(24(41)30-12)8-13-10-27-11-29-13/h10-12,14-17H,2-9,25H2,1H3,(H2,26,37)(H,27,29)(H,28,34)(H,30,41)(H,31,38)(H,32,39)(H,33,40)(H,35,36). The van der Waals surface area contributed by atoms with E-state index >= 15 is 0 Å². The van der Waals surface area contributed by atoms with Crippen LogP contribution in [0.15, 0.2) is 12.5 Å². The van der Waals surface area contributed by atoms with Crippen molar-refractivity contribution in [2.24, 2.45) is 11.5 Å². The highest BCUT2D eigenvalue weighted by Crippen LogP contribution is 2.06. The fourth-order valence-electron chi connectivity index (χ4n) is 3.95. The second kappa shape index (κ2) is 15.9. The zero-order valence-corrected chi connectivity index (χ0v) is 22.6. The summed E-state index contributed by atoms with van der Waals surface area (Å²) < 4.78 is 0. The van der Waals surface area contributed by atoms with E-state index in [0.29, 0.717) is 18.5 Å². The van der Waals surface area contributed by atoms with Gasteiger partial charge in [-0.3, -0.25) is 33.6 Å². The van der Waals surface area contributed by atoms with Crippen LogP contribution in [0, 0.1) is 0 Å². The number of nitrogens with two attached hydrogens (primary N) is 2. The number of hydrogen-bond acceptors (Lipinski definition) is 9. The van der Waals surface area contributed by atoms with E-state index in [9.17, 15) is 33.6 Å². The minimum atomic E-state index is -1.46. The van der Waals surface area contributed by atoms with E-state index in [1.165, 1.54) is 19.4 Å². The Kier molecular flexibility index (Phi) is 12.7. The largest absolute Gasteiger partial charge is 0.481 e. The molecule has 0 saturated carbocycles. The average molecular weight is 580 g/mol. The van der Waals surface area contributed by atoms with Crippen molar-refractivity contribution < 1.29 is 38.7 Å². The van der Waals surface area contributed by atoms with Crippen molar-refractivity contribution in [3.8, 4) is 0 Å². The molecule has 2 heterocycles. The maximum absolute atomic E-state index is 13.3. The third-order valence-corrected chi connectivity index (χ3v) is 6.29. The molecule has 0 aromatic carbocycles. The highest BCUT2D eigenvalue weighted by molar-refractivity contribution is 5.96. The summed E-state index contributed by atoms with van der Waals surface area (Å²) in [6.07, 6.45) is 2.72. The molecular weight excluding hydrogens is 542 g/mol. The van der Waals surface area contributed by atoms with E-state index in [0.717, 1.165) is 0 Å². The number of aromatic nitrogens is 2. The molecule has 41 heavy (non-hydrogen) atoms. The lowest BCUT2D eigenvalue weighted by molar-refractivity contribution is -0.140. The monoisotopic (exact) mass is 579 g/mol. The van der Waals surface area contributed by atoms with Crippen molar-refractivity contribution in [2.75, 3.05) is 6.54 Å². The molecule has 1 aromatic rings. The summed E-state index contributed by atoms with van der Waals surface area (Å²) in [5, 5.41) is 21.5. The van der Waals surface area contributed by atoms with Crippen molar-refractivity contribution in [2.45, 2.75) is 82.1 Å². The normalized spacial score (nSPS) is 24.3. The Morgan fingerprint density at radius 3 is 2.44 bits per heavy atom. The third-order valence-electron chi connectivity index (χ3n) is 6.29. The number of rotatable bonds is 7. The predicted molar refractivity (Wildman–Crippen MR) is 141 cm³/mol. The molecule has 0 radical (unpaired) electrons. The number of aliphatic carboxylic acids is 1. The first-order chi connectivity index (χ1) is 19.4. The Hall–Kier alpha value is -4.54. The Bertz CT molecular complexity index is 1110. The first kappa shape index (κ1) is 32.7. The number of amides is 6. The van der Waals surface area contributed by atoms with Crippen molar-refractivity contribution in [3.05, 3.63) is 18.2 Å². The van der Waals surface area contributed by atoms with Gasteiger partial charge in [0.15, 0.2) is 0 Å². The molecular formula is C24H37N9O8. The second-order valence-electron chi connectivity index (χ2n) is 9.69. The fraction of sp³-hybridized carbons (Fsp3) is 0.583. The van der Waals surface area contributed by atoms with Gasteiger partial charge in [-0.05, 0) is 32.6 Å². The number of imidazole rings is 1. The van der Waals surface area contributed by atoms with E-state index in [1.807, 2.05) is 0 Å². The number of aromatic amines is 1. The maximum atomic E-state index is 13.3. The Morgan fingerprint density at radius 2 is 1.80 bits per heavy atom. The van der Waals surface area contributed by atoms with Gasteiger partial charge in [-0.25, -0.2) is 4.98 Å². The van der Waals surface area contributed by atoms with Gasteiger partial charge in [-0.2, -0.15) is 0 Å². The number of primary amides is 1. The topological polar surface area (TPSA) is 281 Å². The summed E-state index contributed by atoms with van der Waals surface area (Å²) in [6.45, 7) is 1.63. The van der Waals surface area contributed by atoms with Gasteiger partial charge in [0.2, 0.25) is 35.4 Å². The lowest BCUT2D eigenvalue weighted by Crippen LogP contribution is -2.58. The Balaban J connectivity index is 2.31. The van der Waals surface area contributed by atoms with Crippen LogP contribution < -0.4 is 38.1 Å². The number of nitrogens with one attached hydrogen (secondary N) is 6. The molecule has 0 bridgehead atoms. The molecule has 17 nitrogen and oxygen atoms in total. The van der Waals surface area contributed by atoms with Gasteiger partial charge in [-0.15, -0.1) is 0 Å². The summed E-state index contributed by atoms with van der Waals surface area (Å²) in [5.74, 6) is -5.74. The van der Waals surface area contributed by atoms with E-state index in [-0.39, 0.29) is 32.2 Å². The maximum Gasteiger partial charge on any atom is 0.305 e. The molecule has 5 unspecified atom stereocenters. The third kappa shape index (κ3) is 11.2. The van der Waals surface area contributed by atoms with Gasteiger partial charge in [0.05, 0.1) is 18.8 Å². The highest BCUT2D eigenvalue weighted by atomic mass is 16.4. The van der Waals surface area contributed by atoms with Crippen molar-refractivity contribution >= 4 is 41.4 Å². The molecule has 17 heteroatoms. The molecule has 2 rings (SSSR count). The smallest absolute Gasteiger partial charge is 0.305 e. The minimum Gasteiger partial charge on any atom is -0.481 e. The first-order valence-electron chi connectivity index (χ1n) is 13.1. The molecule has 5 atom stereocenters. The van der Waals surface area contributed by atoms with E-state index in [2.05, 4.69) is 36.6 Å². The number of carbonyl (C=O) groups is 7. The van der Waals surface area contributed by atoms with Crippen LogP contribution in [0.5, 0.6) is 0 Å². The van der Waals surface area contributed by atoms with Crippen molar-refractivity contribution in [3.63, 3.8) is 0 Å². The van der Waals surface area contributed by atoms with Crippen LogP contribution in [0.1, 0.15) is 51.1 Å². The minimum absolute atomic E-state index is 0.0878. The molecule has 226 valence electrons. The molecule has 1 aliphatic rings. The molecule has 1 aromatic heterocycles. The average Bonchev–Trinajstić information content (AvgIpc) is 3.41. The molecule has 1 aliphatic heterocycles. The second-order valence-corrected chi connectivity index (χ2v) is 9.69. The van der Waals surface area contributed by atoms with Crippen LogP contribution >= 0.6 is 0 Å². The zero-order valence-electron chi connectivity index (χ0n) is 22.6. The number of carboxylic acids is 1. The molecule has 0 spiro atoms. The summed E-state index contributed by atoms with van der Waals surface area (Å²) >= 11 is 0. The summed E-state index contributed by atoms with van der Waals surface area (Å²) in [6, 6.07) is -6.19. The first-order valence-corrected chi connectivity index (χ1v) is 13.1. The van der Waals surface area contributed by atoms with Crippen molar-refractivity contribution in [1.82, 2.24) is 36.6 Å². The SMILES string of the molecule is CC1NC(=O)C(Cc2cnc[nH]2)NC(=O)C(NC(=O)C(N)CC(=O)O)CCC(=O)NCCCCC(C(N)=O)NC1=O. The number of hydrogen-bond donors (Lipinski definition) is 9. The lowest BCUT2D eigenvalue weighted by Gasteiger charge is -2.25. The van der Waals surface area contributed by atoms with Crippen LogP contribution in [0.25, 0.3) is 0 Å².